The summed E-state index contributed by atoms with van der Waals surface area (Å²) in [6, 6.07) is 9.53. The second-order valence-electron chi connectivity index (χ2n) is 6.99. The molecule has 0 aliphatic carbocycles. The number of thioether (sulfide) groups is 1. The SMILES string of the molecule is COc1ccc(CSCC(=O)Nc2cc(Cl)ccc2C(=O)N2CCCC2)cc1[N+](=O)[O-]. The summed E-state index contributed by atoms with van der Waals surface area (Å²) in [6.07, 6.45) is 1.95. The summed E-state index contributed by atoms with van der Waals surface area (Å²) in [6.45, 7) is 1.41. The summed E-state index contributed by atoms with van der Waals surface area (Å²) in [5.41, 5.74) is 1.39. The number of carbonyl (C=O) groups is 2. The van der Waals surface area contributed by atoms with Gasteiger partial charge in [0.25, 0.3) is 5.91 Å². The first-order valence-electron chi connectivity index (χ1n) is 9.66. The number of carbonyl (C=O) groups excluding carboxylic acids is 2. The van der Waals surface area contributed by atoms with Gasteiger partial charge in [0.1, 0.15) is 0 Å². The maximum atomic E-state index is 12.8. The Morgan fingerprint density at radius 3 is 2.65 bits per heavy atom. The second kappa shape index (κ2) is 10.5. The zero-order valence-electron chi connectivity index (χ0n) is 16.9. The number of benzene rings is 2. The van der Waals surface area contributed by atoms with Crippen molar-refractivity contribution in [3.05, 3.63) is 62.7 Å². The van der Waals surface area contributed by atoms with Crippen LogP contribution in [0.1, 0.15) is 28.8 Å². The van der Waals surface area contributed by atoms with Crippen LogP contribution in [0.3, 0.4) is 0 Å². The summed E-state index contributed by atoms with van der Waals surface area (Å²) in [5, 5.41) is 14.3. The highest BCUT2D eigenvalue weighted by molar-refractivity contribution is 7.99. The molecule has 0 radical (unpaired) electrons. The van der Waals surface area contributed by atoms with E-state index in [1.54, 1.807) is 29.2 Å². The zero-order chi connectivity index (χ0) is 22.4. The van der Waals surface area contributed by atoms with Gasteiger partial charge in [-0.15, -0.1) is 11.8 Å². The number of likely N-dealkylation sites (tertiary alicyclic amines) is 1. The van der Waals surface area contributed by atoms with Gasteiger partial charge in [0.2, 0.25) is 5.91 Å². The van der Waals surface area contributed by atoms with E-state index in [1.165, 1.54) is 31.0 Å². The van der Waals surface area contributed by atoms with Crippen molar-refractivity contribution in [3.8, 4) is 5.75 Å². The maximum Gasteiger partial charge on any atom is 0.311 e. The van der Waals surface area contributed by atoms with Crippen LogP contribution < -0.4 is 10.1 Å². The van der Waals surface area contributed by atoms with Crippen molar-refractivity contribution in [2.24, 2.45) is 0 Å². The van der Waals surface area contributed by atoms with Crippen LogP contribution in [0.2, 0.25) is 5.02 Å². The average Bonchev–Trinajstić information content (AvgIpc) is 3.28. The smallest absolute Gasteiger partial charge is 0.311 e. The Morgan fingerprint density at radius 1 is 1.23 bits per heavy atom. The molecule has 0 spiro atoms. The normalized spacial score (nSPS) is 13.2. The van der Waals surface area contributed by atoms with E-state index in [0.717, 1.165) is 12.8 Å². The molecule has 3 rings (SSSR count). The summed E-state index contributed by atoms with van der Waals surface area (Å²) in [5.74, 6) is 0.304. The molecule has 1 aliphatic heterocycles. The summed E-state index contributed by atoms with van der Waals surface area (Å²) >= 11 is 7.37. The molecule has 2 aromatic carbocycles. The monoisotopic (exact) mass is 463 g/mol. The van der Waals surface area contributed by atoms with E-state index >= 15 is 0 Å². The van der Waals surface area contributed by atoms with E-state index in [4.69, 9.17) is 16.3 Å². The lowest BCUT2D eigenvalue weighted by molar-refractivity contribution is -0.385. The van der Waals surface area contributed by atoms with Crippen LogP contribution in [0.15, 0.2) is 36.4 Å². The number of methoxy groups -OCH3 is 1. The zero-order valence-corrected chi connectivity index (χ0v) is 18.5. The Morgan fingerprint density at radius 2 is 1.97 bits per heavy atom. The standard InChI is InChI=1S/C21H22ClN3O5S/c1-30-19-7-4-14(10-18(19)25(28)29)12-31-13-20(26)23-17-11-15(22)5-6-16(17)21(27)24-8-2-3-9-24/h4-7,10-11H,2-3,8-9,12-13H2,1H3,(H,23,26). The highest BCUT2D eigenvalue weighted by atomic mass is 35.5. The summed E-state index contributed by atoms with van der Waals surface area (Å²) in [4.78, 5) is 37.6. The molecule has 1 fully saturated rings. The molecule has 0 bridgehead atoms. The molecular formula is C21H22ClN3O5S. The van der Waals surface area contributed by atoms with E-state index in [9.17, 15) is 19.7 Å². The Hall–Kier alpha value is -2.78. The minimum atomic E-state index is -0.502. The van der Waals surface area contributed by atoms with Gasteiger partial charge in [0, 0.05) is 29.9 Å². The van der Waals surface area contributed by atoms with Crippen molar-refractivity contribution in [2.45, 2.75) is 18.6 Å². The van der Waals surface area contributed by atoms with Gasteiger partial charge in [-0.05, 0) is 42.7 Å². The number of rotatable bonds is 8. The Labute approximate surface area is 189 Å². The summed E-state index contributed by atoms with van der Waals surface area (Å²) < 4.78 is 4.99. The molecule has 2 aromatic rings. The van der Waals surface area contributed by atoms with Crippen LogP contribution in [-0.4, -0.2) is 47.6 Å². The Kier molecular flexibility index (Phi) is 7.75. The van der Waals surface area contributed by atoms with Gasteiger partial charge in [-0.1, -0.05) is 17.7 Å². The number of nitro groups is 1. The van der Waals surface area contributed by atoms with Crippen LogP contribution >= 0.6 is 23.4 Å². The average molecular weight is 464 g/mol. The number of nitro benzene ring substituents is 1. The second-order valence-corrected chi connectivity index (χ2v) is 8.42. The lowest BCUT2D eigenvalue weighted by atomic mass is 10.1. The topological polar surface area (TPSA) is 102 Å². The van der Waals surface area contributed by atoms with E-state index in [0.29, 0.717) is 40.7 Å². The van der Waals surface area contributed by atoms with Crippen LogP contribution in [0.5, 0.6) is 5.75 Å². The molecule has 1 N–H and O–H groups in total. The molecule has 1 aliphatic rings. The van der Waals surface area contributed by atoms with Gasteiger partial charge in [0.05, 0.1) is 29.0 Å². The molecule has 1 heterocycles. The molecule has 31 heavy (non-hydrogen) atoms. The number of amides is 2. The first-order valence-corrected chi connectivity index (χ1v) is 11.2. The molecule has 0 aromatic heterocycles. The molecule has 0 unspecified atom stereocenters. The van der Waals surface area contributed by atoms with Crippen molar-refractivity contribution in [2.75, 3.05) is 31.3 Å². The van der Waals surface area contributed by atoms with E-state index in [1.807, 2.05) is 0 Å². The molecule has 1 saturated heterocycles. The number of nitrogens with zero attached hydrogens (tertiary/aromatic N) is 2. The molecule has 0 atom stereocenters. The lowest BCUT2D eigenvalue weighted by Crippen LogP contribution is -2.29. The van der Waals surface area contributed by atoms with Gasteiger partial charge >= 0.3 is 5.69 Å². The van der Waals surface area contributed by atoms with Gasteiger partial charge in [0.15, 0.2) is 5.75 Å². The fourth-order valence-electron chi connectivity index (χ4n) is 3.31. The van der Waals surface area contributed by atoms with Crippen molar-refractivity contribution in [1.29, 1.82) is 0 Å². The number of ether oxygens (including phenoxy) is 1. The van der Waals surface area contributed by atoms with Crippen LogP contribution in [0.25, 0.3) is 0 Å². The first kappa shape index (κ1) is 22.9. The number of hydrogen-bond donors (Lipinski definition) is 1. The molecule has 2 amide bonds. The van der Waals surface area contributed by atoms with Gasteiger partial charge < -0.3 is 15.0 Å². The first-order chi connectivity index (χ1) is 14.9. The fraction of sp³-hybridized carbons (Fsp3) is 0.333. The lowest BCUT2D eigenvalue weighted by Gasteiger charge is -2.18. The molecule has 0 saturated carbocycles. The minimum Gasteiger partial charge on any atom is -0.490 e. The third-order valence-electron chi connectivity index (χ3n) is 4.82. The Bertz CT molecular complexity index is 995. The molecule has 8 nitrogen and oxygen atoms in total. The molecule has 164 valence electrons. The highest BCUT2D eigenvalue weighted by Gasteiger charge is 2.23. The van der Waals surface area contributed by atoms with E-state index in [2.05, 4.69) is 5.32 Å². The maximum absolute atomic E-state index is 12.8. The van der Waals surface area contributed by atoms with Crippen molar-refractivity contribution in [1.82, 2.24) is 4.90 Å². The van der Waals surface area contributed by atoms with Crippen molar-refractivity contribution < 1.29 is 19.2 Å². The predicted octanol–water partition coefficient (Wildman–Crippen LogP) is 4.36. The highest BCUT2D eigenvalue weighted by Crippen LogP contribution is 2.29. The van der Waals surface area contributed by atoms with E-state index in [-0.39, 0.29) is 29.0 Å². The number of anilines is 1. The number of nitrogens with one attached hydrogen (secondary N) is 1. The van der Waals surface area contributed by atoms with E-state index < -0.39 is 4.92 Å². The number of halogens is 1. The van der Waals surface area contributed by atoms with Crippen LogP contribution in [0.4, 0.5) is 11.4 Å². The summed E-state index contributed by atoms with van der Waals surface area (Å²) in [7, 11) is 1.37. The van der Waals surface area contributed by atoms with Gasteiger partial charge in [-0.2, -0.15) is 0 Å². The number of hydrogen-bond acceptors (Lipinski definition) is 6. The third kappa shape index (κ3) is 5.89. The van der Waals surface area contributed by atoms with Crippen LogP contribution in [0, 0.1) is 10.1 Å². The van der Waals surface area contributed by atoms with Crippen molar-refractivity contribution in [3.63, 3.8) is 0 Å². The largest absolute Gasteiger partial charge is 0.490 e. The quantitative estimate of drug-likeness (QED) is 0.461. The van der Waals surface area contributed by atoms with Crippen LogP contribution in [-0.2, 0) is 10.5 Å². The minimum absolute atomic E-state index is 0.115. The molecular weight excluding hydrogens is 442 g/mol. The predicted molar refractivity (Wildman–Crippen MR) is 121 cm³/mol. The Balaban J connectivity index is 1.61. The van der Waals surface area contributed by atoms with Crippen molar-refractivity contribution >= 4 is 46.6 Å². The van der Waals surface area contributed by atoms with Gasteiger partial charge in [-0.25, -0.2) is 0 Å². The molecule has 10 heteroatoms. The fourth-order valence-corrected chi connectivity index (χ4v) is 4.26. The third-order valence-corrected chi connectivity index (χ3v) is 6.06. The van der Waals surface area contributed by atoms with Gasteiger partial charge in [-0.3, -0.25) is 19.7 Å².